The van der Waals surface area contributed by atoms with E-state index >= 15 is 0 Å². The molecule has 0 N–H and O–H groups in total. The molecular formula is C34H51ClNO2Si2Zr. The van der Waals surface area contributed by atoms with Gasteiger partial charge >= 0.3 is 246 Å². The molecule has 4 rings (SSSR count). The van der Waals surface area contributed by atoms with Crippen LogP contribution in [0.5, 0.6) is 0 Å². The van der Waals surface area contributed by atoms with Crippen LogP contribution in [0.1, 0.15) is 75.6 Å². The van der Waals surface area contributed by atoms with Crippen molar-refractivity contribution in [2.45, 2.75) is 83.7 Å². The maximum absolute atomic E-state index is 6.80. The van der Waals surface area contributed by atoms with Gasteiger partial charge in [0.25, 0.3) is 0 Å². The number of rotatable bonds is 7. The van der Waals surface area contributed by atoms with Crippen molar-refractivity contribution in [2.24, 2.45) is 16.7 Å². The van der Waals surface area contributed by atoms with E-state index in [2.05, 4.69) is 116 Å². The zero-order chi connectivity index (χ0) is 30.9. The van der Waals surface area contributed by atoms with Gasteiger partial charge in [0.05, 0.1) is 0 Å². The van der Waals surface area contributed by atoms with Gasteiger partial charge < -0.3 is 0 Å². The minimum atomic E-state index is -1.29. The summed E-state index contributed by atoms with van der Waals surface area (Å²) in [6, 6.07) is 18.2. The molecule has 223 valence electrons. The van der Waals surface area contributed by atoms with E-state index in [4.69, 9.17) is 20.6 Å². The standard InChI is InChI=1S/C32H45O2Si2.C2H6ClN.Zr/c1-20(25-21-16-12-14-18-23(21)29(33-35(8)9)27(25)31(2,3)4)26-22-17-13-15-19-24(22)30(34-36(10)11)28(26)32(5,6)7;1-4(2)3;/h12-20,25-26,35-36H,1H2,2-11H3;1-2H3;. The van der Waals surface area contributed by atoms with Crippen LogP contribution in [0.15, 0.2) is 59.7 Å². The molecule has 0 heterocycles. The van der Waals surface area contributed by atoms with E-state index in [0.29, 0.717) is 17.8 Å². The Bertz CT molecular complexity index is 1180. The molecule has 2 aliphatic rings. The molecule has 2 aromatic rings. The van der Waals surface area contributed by atoms with Crippen molar-refractivity contribution >= 4 is 41.4 Å². The quantitative estimate of drug-likeness (QED) is 0.214. The molecular weight excluding hydrogens is 637 g/mol. The molecule has 0 amide bonds. The summed E-state index contributed by atoms with van der Waals surface area (Å²) in [4.78, 5) is 0. The van der Waals surface area contributed by atoms with Crippen molar-refractivity contribution in [2.75, 3.05) is 14.1 Å². The van der Waals surface area contributed by atoms with Crippen LogP contribution in [-0.2, 0) is 33.6 Å². The Kier molecular flexibility index (Phi) is 11.6. The van der Waals surface area contributed by atoms with E-state index in [1.807, 2.05) is 0 Å². The van der Waals surface area contributed by atoms with E-state index in [1.54, 1.807) is 38.8 Å². The van der Waals surface area contributed by atoms with Gasteiger partial charge in [-0.25, -0.2) is 4.42 Å². The van der Waals surface area contributed by atoms with E-state index in [9.17, 15) is 0 Å². The third kappa shape index (κ3) is 7.79. The average molecular weight is 689 g/mol. The fourth-order valence-corrected chi connectivity index (χ4v) is 9.10. The van der Waals surface area contributed by atoms with Crippen molar-refractivity contribution in [3.8, 4) is 0 Å². The molecule has 0 aromatic heterocycles. The zero-order valence-corrected chi connectivity index (χ0v) is 32.9. The summed E-state index contributed by atoms with van der Waals surface area (Å²) in [5, 5.41) is 0. The zero-order valence-electron chi connectivity index (χ0n) is 27.4. The first kappa shape index (κ1) is 34.6. The maximum atomic E-state index is 6.80. The third-order valence-corrected chi connectivity index (χ3v) is 10.2. The van der Waals surface area contributed by atoms with E-state index in [1.165, 1.54) is 53.5 Å². The molecule has 41 heavy (non-hydrogen) atoms. The fourth-order valence-electron chi connectivity index (χ4n) is 6.49. The van der Waals surface area contributed by atoms with Crippen LogP contribution in [0.2, 0.25) is 30.3 Å². The second-order valence-electron chi connectivity index (χ2n) is 14.1. The summed E-state index contributed by atoms with van der Waals surface area (Å²) in [6.45, 7) is 23.5. The first-order valence-electron chi connectivity index (χ1n) is 15.0. The van der Waals surface area contributed by atoms with Gasteiger partial charge in [-0.3, -0.25) is 0 Å². The Morgan fingerprint density at radius 1 is 0.732 bits per heavy atom. The Labute approximate surface area is 274 Å². The molecule has 3 nitrogen and oxygen atoms in total. The van der Waals surface area contributed by atoms with Gasteiger partial charge in [-0.05, 0) is 11.8 Å². The van der Waals surface area contributed by atoms with Crippen LogP contribution in [0, 0.1) is 16.7 Å². The molecule has 0 spiro atoms. The molecule has 0 fully saturated rings. The number of fused-ring (bicyclic) bond motifs is 2. The second kappa shape index (κ2) is 13.8. The van der Waals surface area contributed by atoms with Crippen LogP contribution in [0.4, 0.5) is 0 Å². The van der Waals surface area contributed by atoms with Gasteiger partial charge in [-0.2, -0.15) is 0 Å². The van der Waals surface area contributed by atoms with Gasteiger partial charge in [0.2, 0.25) is 0 Å². The number of benzene rings is 2. The summed E-state index contributed by atoms with van der Waals surface area (Å²) in [6.07, 6.45) is 0. The van der Waals surface area contributed by atoms with Crippen LogP contribution >= 0.6 is 11.8 Å². The van der Waals surface area contributed by atoms with Gasteiger partial charge in [0.1, 0.15) is 0 Å². The SMILES string of the molecule is CN(C)Cl.C[SiH](C)OC1=C(C(C)(C)C)C(C([CH2][Zr])C2C(C(C)(C)C)=C(O[SiH](C)C)c3ccccc32)c2ccccc21. The van der Waals surface area contributed by atoms with Crippen LogP contribution in [0.3, 0.4) is 0 Å². The molecule has 0 aliphatic heterocycles. The topological polar surface area (TPSA) is 21.7 Å². The average Bonchev–Trinajstić information content (AvgIpc) is 3.33. The van der Waals surface area contributed by atoms with Crippen molar-refractivity contribution in [1.82, 2.24) is 4.42 Å². The number of allylic oxidation sites excluding steroid dienone is 2. The molecule has 0 saturated heterocycles. The fraction of sp³-hybridized carbons (Fsp3) is 0.529. The van der Waals surface area contributed by atoms with Crippen LogP contribution in [0.25, 0.3) is 11.5 Å². The summed E-state index contributed by atoms with van der Waals surface area (Å²) < 4.78 is 16.2. The summed E-state index contributed by atoms with van der Waals surface area (Å²) in [5.74, 6) is 3.49. The first-order chi connectivity index (χ1) is 19.0. The molecule has 0 bridgehead atoms. The third-order valence-electron chi connectivity index (χ3n) is 7.61. The van der Waals surface area contributed by atoms with Crippen molar-refractivity contribution < 1.29 is 33.6 Å². The van der Waals surface area contributed by atoms with Crippen LogP contribution < -0.4 is 0 Å². The molecule has 2 unspecified atom stereocenters. The summed E-state index contributed by atoms with van der Waals surface area (Å²) in [7, 11) is 0.961. The molecule has 7 heteroatoms. The second-order valence-corrected chi connectivity index (χ2v) is 20.4. The first-order valence-corrected chi connectivity index (χ1v) is 22.6. The van der Waals surface area contributed by atoms with E-state index < -0.39 is 18.1 Å². The van der Waals surface area contributed by atoms with Crippen molar-refractivity contribution in [3.05, 3.63) is 81.9 Å². The molecule has 2 atom stereocenters. The number of hydrogen-bond donors (Lipinski definition) is 0. The summed E-state index contributed by atoms with van der Waals surface area (Å²) in [5.41, 5.74) is 8.60. The van der Waals surface area contributed by atoms with Gasteiger partial charge in [0, 0.05) is 14.1 Å². The Morgan fingerprint density at radius 2 is 1.05 bits per heavy atom. The minimum absolute atomic E-state index is 0.0136. The number of hydrogen-bond acceptors (Lipinski definition) is 3. The normalized spacial score (nSPS) is 19.4. The predicted octanol–water partition coefficient (Wildman–Crippen LogP) is 9.38. The Morgan fingerprint density at radius 3 is 1.32 bits per heavy atom. The Hall–Kier alpha value is -0.913. The molecule has 2 aliphatic carbocycles. The number of halogens is 1. The Balaban J connectivity index is 0.00000108. The van der Waals surface area contributed by atoms with Crippen LogP contribution in [-0.4, -0.2) is 36.6 Å². The monoisotopic (exact) mass is 686 g/mol. The molecule has 0 saturated carbocycles. The summed E-state index contributed by atoms with van der Waals surface area (Å²) >= 11 is 6.70. The van der Waals surface area contributed by atoms with Crippen molar-refractivity contribution in [3.63, 3.8) is 0 Å². The van der Waals surface area contributed by atoms with Gasteiger partial charge in [0.15, 0.2) is 0 Å². The molecule has 0 radical (unpaired) electrons. The van der Waals surface area contributed by atoms with Gasteiger partial charge in [-0.1, -0.05) is 0 Å². The predicted molar refractivity (Wildman–Crippen MR) is 179 cm³/mol. The van der Waals surface area contributed by atoms with E-state index in [-0.39, 0.29) is 10.8 Å². The van der Waals surface area contributed by atoms with Crippen molar-refractivity contribution in [1.29, 1.82) is 0 Å². The number of nitrogens with zero attached hydrogens (tertiary/aromatic N) is 1. The van der Waals surface area contributed by atoms with Gasteiger partial charge in [-0.15, -0.1) is 0 Å². The molecule has 2 aromatic carbocycles. The van der Waals surface area contributed by atoms with E-state index in [0.717, 1.165) is 0 Å².